The summed E-state index contributed by atoms with van der Waals surface area (Å²) in [6.07, 6.45) is 4.46. The number of carboxylic acids is 1. The lowest BCUT2D eigenvalue weighted by atomic mass is 9.61. The van der Waals surface area contributed by atoms with E-state index >= 15 is 0 Å². The first-order valence-corrected chi connectivity index (χ1v) is 12.4. The van der Waals surface area contributed by atoms with E-state index in [-0.39, 0.29) is 33.3 Å². The molecule has 10 heteroatoms. The minimum atomic E-state index is -3.97. The van der Waals surface area contributed by atoms with Gasteiger partial charge in [0.25, 0.3) is 0 Å². The first kappa shape index (κ1) is 21.9. The zero-order valence-corrected chi connectivity index (χ0v) is 18.6. The maximum Gasteiger partial charge on any atom is 0.308 e. The molecule has 1 heterocycles. The summed E-state index contributed by atoms with van der Waals surface area (Å²) in [4.78, 5) is 24.9. The Hall–Kier alpha value is -1.35. The number of halogens is 2. The second-order valence-electron chi connectivity index (χ2n) is 8.45. The van der Waals surface area contributed by atoms with Gasteiger partial charge in [-0.2, -0.15) is 4.31 Å². The standard InChI is InChI=1S/C20H24Cl2N2O5S/c21-13-8-14(22)10-15(9-13)30(28,29)24-7-1-2-16(24)19(25)23-18-12-5-3-11(4-6-12)17(18)20(26)27/h8-12,16-18H,1-7H2,(H,23,25)(H,26,27)/t11?,12?,16-,17-,18-/m0/s1. The Morgan fingerprint density at radius 2 is 1.60 bits per heavy atom. The van der Waals surface area contributed by atoms with Crippen molar-refractivity contribution in [3.05, 3.63) is 28.2 Å². The molecule has 3 saturated carbocycles. The number of amides is 1. The Morgan fingerprint density at radius 1 is 1.00 bits per heavy atom. The fourth-order valence-corrected chi connectivity index (χ4v) is 7.76. The second kappa shape index (κ2) is 8.30. The number of hydrogen-bond acceptors (Lipinski definition) is 4. The molecule has 0 aromatic heterocycles. The second-order valence-corrected chi connectivity index (χ2v) is 11.2. The molecule has 30 heavy (non-hydrogen) atoms. The molecule has 0 unspecified atom stereocenters. The molecule has 0 spiro atoms. The van der Waals surface area contributed by atoms with Gasteiger partial charge in [-0.15, -0.1) is 0 Å². The highest BCUT2D eigenvalue weighted by molar-refractivity contribution is 7.89. The quantitative estimate of drug-likeness (QED) is 0.681. The van der Waals surface area contributed by atoms with Crippen molar-refractivity contribution >= 4 is 45.1 Å². The minimum Gasteiger partial charge on any atom is -0.481 e. The van der Waals surface area contributed by atoms with Gasteiger partial charge < -0.3 is 10.4 Å². The van der Waals surface area contributed by atoms with Crippen molar-refractivity contribution in [1.29, 1.82) is 0 Å². The number of benzene rings is 1. The molecule has 0 radical (unpaired) electrons. The SMILES string of the molecule is O=C(O)[C@H]1C2CCC(CC2)[C@@H]1NC(=O)[C@@H]1CCCN1S(=O)(=O)c1cc(Cl)cc(Cl)c1. The van der Waals surface area contributed by atoms with Gasteiger partial charge in [-0.25, -0.2) is 8.42 Å². The lowest BCUT2D eigenvalue weighted by molar-refractivity contribution is -0.150. The van der Waals surface area contributed by atoms with Crippen LogP contribution in [-0.4, -0.2) is 48.3 Å². The molecular formula is C20H24Cl2N2O5S. The van der Waals surface area contributed by atoms with Crippen LogP contribution in [0.2, 0.25) is 10.0 Å². The summed E-state index contributed by atoms with van der Waals surface area (Å²) in [5.74, 6) is -1.74. The van der Waals surface area contributed by atoms with E-state index in [0.29, 0.717) is 12.8 Å². The molecule has 7 nitrogen and oxygen atoms in total. The predicted molar refractivity (Wildman–Crippen MR) is 112 cm³/mol. The highest BCUT2D eigenvalue weighted by Gasteiger charge is 2.49. The molecule has 1 aliphatic heterocycles. The Kier molecular flexibility index (Phi) is 6.05. The minimum absolute atomic E-state index is 0.0557. The number of nitrogens with zero attached hydrogens (tertiary/aromatic N) is 1. The van der Waals surface area contributed by atoms with E-state index in [1.807, 2.05) is 0 Å². The molecule has 164 valence electrons. The third kappa shape index (κ3) is 3.95. The van der Waals surface area contributed by atoms with Crippen LogP contribution in [0.5, 0.6) is 0 Å². The monoisotopic (exact) mass is 474 g/mol. The molecule has 4 fully saturated rings. The number of nitrogens with one attached hydrogen (secondary N) is 1. The average molecular weight is 475 g/mol. The van der Waals surface area contributed by atoms with Crippen molar-refractivity contribution in [3.63, 3.8) is 0 Å². The predicted octanol–water partition coefficient (Wildman–Crippen LogP) is 3.15. The van der Waals surface area contributed by atoms with Gasteiger partial charge in [0, 0.05) is 22.6 Å². The smallest absolute Gasteiger partial charge is 0.308 e. The molecule has 1 aromatic carbocycles. The van der Waals surface area contributed by atoms with E-state index in [0.717, 1.165) is 25.7 Å². The summed E-state index contributed by atoms with van der Waals surface area (Å²) >= 11 is 11.9. The van der Waals surface area contributed by atoms with Crippen molar-refractivity contribution in [1.82, 2.24) is 9.62 Å². The number of rotatable bonds is 5. The first-order valence-electron chi connectivity index (χ1n) is 10.2. The molecule has 3 aliphatic carbocycles. The normalized spacial score (nSPS) is 31.6. The van der Waals surface area contributed by atoms with Gasteiger partial charge in [0.2, 0.25) is 15.9 Å². The van der Waals surface area contributed by atoms with E-state index in [1.165, 1.54) is 22.5 Å². The zero-order chi connectivity index (χ0) is 21.6. The van der Waals surface area contributed by atoms with Gasteiger partial charge in [0.05, 0.1) is 10.8 Å². The summed E-state index contributed by atoms with van der Waals surface area (Å²) in [5, 5.41) is 13.0. The first-order chi connectivity index (χ1) is 14.2. The Bertz CT molecular complexity index is 942. The largest absolute Gasteiger partial charge is 0.481 e. The molecule has 2 N–H and O–H groups in total. The number of fused-ring (bicyclic) bond motifs is 3. The average Bonchev–Trinajstić information content (AvgIpc) is 3.18. The third-order valence-corrected chi connectivity index (χ3v) is 9.08. The molecular weight excluding hydrogens is 451 g/mol. The Labute approximate surface area is 185 Å². The zero-order valence-electron chi connectivity index (χ0n) is 16.3. The number of carboxylic acid groups (broad SMARTS) is 1. The summed E-state index contributed by atoms with van der Waals surface area (Å²) in [7, 11) is -3.97. The van der Waals surface area contributed by atoms with Crippen LogP contribution in [-0.2, 0) is 19.6 Å². The van der Waals surface area contributed by atoms with Gasteiger partial charge >= 0.3 is 5.97 Å². The van der Waals surface area contributed by atoms with Crippen LogP contribution in [0.15, 0.2) is 23.1 Å². The summed E-state index contributed by atoms with van der Waals surface area (Å²) in [5.41, 5.74) is 0. The van der Waals surface area contributed by atoms with Gasteiger partial charge in [0.1, 0.15) is 6.04 Å². The highest BCUT2D eigenvalue weighted by Crippen LogP contribution is 2.45. The number of carbonyl (C=O) groups excluding carboxylic acids is 1. The van der Waals surface area contributed by atoms with Crippen molar-refractivity contribution in [2.24, 2.45) is 17.8 Å². The molecule has 1 aromatic rings. The molecule has 3 atom stereocenters. The van der Waals surface area contributed by atoms with Gasteiger partial charge in [-0.3, -0.25) is 9.59 Å². The number of sulfonamides is 1. The van der Waals surface area contributed by atoms with E-state index in [4.69, 9.17) is 23.2 Å². The molecule has 2 bridgehead atoms. The lowest BCUT2D eigenvalue weighted by Gasteiger charge is -2.47. The molecule has 5 rings (SSSR count). The van der Waals surface area contributed by atoms with Crippen LogP contribution in [0.4, 0.5) is 0 Å². The van der Waals surface area contributed by atoms with Gasteiger partial charge in [-0.1, -0.05) is 23.2 Å². The van der Waals surface area contributed by atoms with E-state index in [2.05, 4.69) is 5.32 Å². The van der Waals surface area contributed by atoms with Gasteiger partial charge in [-0.05, 0) is 68.6 Å². The summed E-state index contributed by atoms with van der Waals surface area (Å²) < 4.78 is 27.5. The van der Waals surface area contributed by atoms with E-state index < -0.39 is 39.9 Å². The Morgan fingerprint density at radius 3 is 2.20 bits per heavy atom. The number of hydrogen-bond donors (Lipinski definition) is 2. The lowest BCUT2D eigenvalue weighted by Crippen LogP contribution is -2.59. The van der Waals surface area contributed by atoms with Crippen LogP contribution in [0.25, 0.3) is 0 Å². The third-order valence-electron chi connectivity index (χ3n) is 6.76. The number of carbonyl (C=O) groups is 2. The maximum atomic E-state index is 13.2. The van der Waals surface area contributed by atoms with Crippen LogP contribution in [0.3, 0.4) is 0 Å². The maximum absolute atomic E-state index is 13.2. The topological polar surface area (TPSA) is 104 Å². The van der Waals surface area contributed by atoms with Crippen molar-refractivity contribution in [2.45, 2.75) is 55.5 Å². The van der Waals surface area contributed by atoms with Crippen molar-refractivity contribution in [2.75, 3.05) is 6.54 Å². The number of aliphatic carboxylic acids is 1. The summed E-state index contributed by atoms with van der Waals surface area (Å²) in [6.45, 7) is 0.212. The Balaban J connectivity index is 1.56. The fraction of sp³-hybridized carbons (Fsp3) is 0.600. The van der Waals surface area contributed by atoms with Crippen molar-refractivity contribution in [3.8, 4) is 0 Å². The molecule has 4 aliphatic rings. The van der Waals surface area contributed by atoms with Crippen LogP contribution >= 0.6 is 23.2 Å². The molecule has 1 saturated heterocycles. The van der Waals surface area contributed by atoms with E-state index in [9.17, 15) is 23.1 Å². The van der Waals surface area contributed by atoms with Crippen LogP contribution in [0, 0.1) is 17.8 Å². The van der Waals surface area contributed by atoms with Crippen molar-refractivity contribution < 1.29 is 23.1 Å². The highest BCUT2D eigenvalue weighted by atomic mass is 35.5. The summed E-state index contributed by atoms with van der Waals surface area (Å²) in [6, 6.07) is 2.75. The van der Waals surface area contributed by atoms with Gasteiger partial charge in [0.15, 0.2) is 0 Å². The van der Waals surface area contributed by atoms with Crippen LogP contribution in [0.1, 0.15) is 38.5 Å². The van der Waals surface area contributed by atoms with E-state index in [1.54, 1.807) is 0 Å². The fourth-order valence-electron chi connectivity index (χ4n) is 5.38. The van der Waals surface area contributed by atoms with Crippen LogP contribution < -0.4 is 5.32 Å². The molecule has 1 amide bonds.